The van der Waals surface area contributed by atoms with E-state index in [-0.39, 0.29) is 12.0 Å². The van der Waals surface area contributed by atoms with Crippen LogP contribution in [0.3, 0.4) is 0 Å². The topological polar surface area (TPSA) is 38.7 Å². The van der Waals surface area contributed by atoms with Gasteiger partial charge in [-0.2, -0.15) is 0 Å². The summed E-state index contributed by atoms with van der Waals surface area (Å²) in [6.07, 6.45) is -0.546. The predicted molar refractivity (Wildman–Crippen MR) is 41.1 cm³/mol. The number of ether oxygens (including phenoxy) is 2. The molecule has 0 aromatic carbocycles. The molecule has 1 rings (SSSR count). The first-order valence-electron chi connectivity index (χ1n) is 3.99. The SMILES string of the molecule is COCC1OC(O)C(C)C1C. The van der Waals surface area contributed by atoms with Crippen LogP contribution in [0.4, 0.5) is 0 Å². The van der Waals surface area contributed by atoms with Crippen molar-refractivity contribution in [1.29, 1.82) is 0 Å². The number of hydrogen-bond acceptors (Lipinski definition) is 3. The lowest BCUT2D eigenvalue weighted by molar-refractivity contribution is -0.118. The Morgan fingerprint density at radius 3 is 2.36 bits per heavy atom. The normalized spacial score (nSPS) is 44.7. The van der Waals surface area contributed by atoms with E-state index >= 15 is 0 Å². The van der Waals surface area contributed by atoms with Gasteiger partial charge in [-0.1, -0.05) is 13.8 Å². The fourth-order valence-corrected chi connectivity index (χ4v) is 1.38. The molecular formula is C8H16O3. The van der Waals surface area contributed by atoms with E-state index in [4.69, 9.17) is 9.47 Å². The van der Waals surface area contributed by atoms with Crippen molar-refractivity contribution in [1.82, 2.24) is 0 Å². The van der Waals surface area contributed by atoms with E-state index in [2.05, 4.69) is 6.92 Å². The first-order valence-corrected chi connectivity index (χ1v) is 3.99. The minimum atomic E-state index is -0.606. The maximum Gasteiger partial charge on any atom is 0.157 e. The van der Waals surface area contributed by atoms with Crippen LogP contribution >= 0.6 is 0 Å². The lowest BCUT2D eigenvalue weighted by Crippen LogP contribution is -2.21. The smallest absolute Gasteiger partial charge is 0.157 e. The van der Waals surface area contributed by atoms with E-state index in [1.807, 2.05) is 6.92 Å². The Hall–Kier alpha value is -0.120. The average Bonchev–Trinajstić information content (AvgIpc) is 2.19. The number of hydrogen-bond donors (Lipinski definition) is 1. The molecule has 0 radical (unpaired) electrons. The second-order valence-electron chi connectivity index (χ2n) is 3.24. The van der Waals surface area contributed by atoms with E-state index in [1.165, 1.54) is 0 Å². The number of aliphatic hydroxyl groups excluding tert-OH is 1. The van der Waals surface area contributed by atoms with Gasteiger partial charge in [-0.05, 0) is 5.92 Å². The van der Waals surface area contributed by atoms with Gasteiger partial charge in [-0.15, -0.1) is 0 Å². The second kappa shape index (κ2) is 3.52. The Morgan fingerprint density at radius 1 is 1.36 bits per heavy atom. The summed E-state index contributed by atoms with van der Waals surface area (Å²) >= 11 is 0. The molecule has 0 amide bonds. The van der Waals surface area contributed by atoms with Gasteiger partial charge in [0.2, 0.25) is 0 Å². The number of methoxy groups -OCH3 is 1. The van der Waals surface area contributed by atoms with Crippen LogP contribution in [0, 0.1) is 11.8 Å². The Labute approximate surface area is 67.3 Å². The molecule has 0 saturated carbocycles. The summed E-state index contributed by atoms with van der Waals surface area (Å²) in [4.78, 5) is 0. The van der Waals surface area contributed by atoms with Crippen LogP contribution in [0.25, 0.3) is 0 Å². The summed E-state index contributed by atoms with van der Waals surface area (Å²) in [5, 5.41) is 9.29. The Kier molecular flexibility index (Phi) is 2.87. The zero-order valence-electron chi connectivity index (χ0n) is 7.28. The quantitative estimate of drug-likeness (QED) is 0.643. The summed E-state index contributed by atoms with van der Waals surface area (Å²) < 4.78 is 10.2. The van der Waals surface area contributed by atoms with Gasteiger partial charge in [0.25, 0.3) is 0 Å². The summed E-state index contributed by atoms with van der Waals surface area (Å²) in [5.74, 6) is 0.597. The highest BCUT2D eigenvalue weighted by atomic mass is 16.6. The first-order chi connectivity index (χ1) is 5.16. The zero-order chi connectivity index (χ0) is 8.43. The van der Waals surface area contributed by atoms with E-state index in [9.17, 15) is 5.11 Å². The molecule has 0 aromatic heterocycles. The van der Waals surface area contributed by atoms with E-state index in [1.54, 1.807) is 7.11 Å². The van der Waals surface area contributed by atoms with Gasteiger partial charge in [0.15, 0.2) is 6.29 Å². The molecule has 1 N–H and O–H groups in total. The monoisotopic (exact) mass is 160 g/mol. The van der Waals surface area contributed by atoms with Gasteiger partial charge in [0.1, 0.15) is 0 Å². The molecule has 1 aliphatic heterocycles. The van der Waals surface area contributed by atoms with Crippen LogP contribution in [0.2, 0.25) is 0 Å². The third-order valence-corrected chi connectivity index (χ3v) is 2.51. The summed E-state index contributed by atoms with van der Waals surface area (Å²) in [6.45, 7) is 4.64. The zero-order valence-corrected chi connectivity index (χ0v) is 7.28. The standard InChI is InChI=1S/C8H16O3/c1-5-6(2)8(9)11-7(5)4-10-3/h5-9H,4H2,1-3H3. The van der Waals surface area contributed by atoms with Crippen molar-refractivity contribution in [3.63, 3.8) is 0 Å². The number of rotatable bonds is 2. The molecule has 4 unspecified atom stereocenters. The molecule has 66 valence electrons. The van der Waals surface area contributed by atoms with Crippen molar-refractivity contribution in [2.75, 3.05) is 13.7 Å². The van der Waals surface area contributed by atoms with E-state index in [0.717, 1.165) is 0 Å². The minimum Gasteiger partial charge on any atom is -0.382 e. The van der Waals surface area contributed by atoms with Crippen molar-refractivity contribution < 1.29 is 14.6 Å². The lowest BCUT2D eigenvalue weighted by atomic mass is 9.94. The molecular weight excluding hydrogens is 144 g/mol. The van der Waals surface area contributed by atoms with E-state index in [0.29, 0.717) is 12.5 Å². The van der Waals surface area contributed by atoms with Crippen molar-refractivity contribution in [3.8, 4) is 0 Å². The Morgan fingerprint density at radius 2 is 2.00 bits per heavy atom. The summed E-state index contributed by atoms with van der Waals surface area (Å²) in [6, 6.07) is 0. The molecule has 4 atom stereocenters. The molecule has 0 aliphatic carbocycles. The van der Waals surface area contributed by atoms with Gasteiger partial charge in [-0.3, -0.25) is 0 Å². The van der Waals surface area contributed by atoms with Gasteiger partial charge in [0.05, 0.1) is 12.7 Å². The Bertz CT molecular complexity index is 127. The minimum absolute atomic E-state index is 0.0602. The fraction of sp³-hybridized carbons (Fsp3) is 1.00. The van der Waals surface area contributed by atoms with Gasteiger partial charge in [0, 0.05) is 13.0 Å². The van der Waals surface area contributed by atoms with Gasteiger partial charge >= 0.3 is 0 Å². The van der Waals surface area contributed by atoms with Crippen molar-refractivity contribution in [3.05, 3.63) is 0 Å². The van der Waals surface area contributed by atoms with Crippen molar-refractivity contribution >= 4 is 0 Å². The van der Waals surface area contributed by atoms with Crippen molar-refractivity contribution in [2.24, 2.45) is 11.8 Å². The van der Waals surface area contributed by atoms with Gasteiger partial charge in [-0.25, -0.2) is 0 Å². The van der Waals surface area contributed by atoms with E-state index < -0.39 is 6.29 Å². The molecule has 1 heterocycles. The van der Waals surface area contributed by atoms with Crippen LogP contribution in [0.5, 0.6) is 0 Å². The van der Waals surface area contributed by atoms with Crippen LogP contribution in [-0.4, -0.2) is 31.2 Å². The average molecular weight is 160 g/mol. The van der Waals surface area contributed by atoms with Crippen molar-refractivity contribution in [2.45, 2.75) is 26.2 Å². The molecule has 1 aliphatic rings. The molecule has 0 aromatic rings. The highest BCUT2D eigenvalue weighted by Crippen LogP contribution is 2.30. The molecule has 0 bridgehead atoms. The van der Waals surface area contributed by atoms with Gasteiger partial charge < -0.3 is 14.6 Å². The molecule has 0 spiro atoms. The third kappa shape index (κ3) is 1.72. The maximum absolute atomic E-state index is 9.29. The third-order valence-electron chi connectivity index (χ3n) is 2.51. The second-order valence-corrected chi connectivity index (χ2v) is 3.24. The predicted octanol–water partition coefficient (Wildman–Crippen LogP) is 0.622. The molecule has 1 saturated heterocycles. The molecule has 1 fully saturated rings. The highest BCUT2D eigenvalue weighted by molar-refractivity contribution is 4.80. The lowest BCUT2D eigenvalue weighted by Gasteiger charge is -2.13. The van der Waals surface area contributed by atoms with Crippen LogP contribution in [0.1, 0.15) is 13.8 Å². The van der Waals surface area contributed by atoms with Crippen LogP contribution < -0.4 is 0 Å². The molecule has 11 heavy (non-hydrogen) atoms. The number of aliphatic hydroxyl groups is 1. The molecule has 3 heteroatoms. The maximum atomic E-state index is 9.29. The fourth-order valence-electron chi connectivity index (χ4n) is 1.38. The van der Waals surface area contributed by atoms with Crippen LogP contribution in [0.15, 0.2) is 0 Å². The largest absolute Gasteiger partial charge is 0.382 e. The highest BCUT2D eigenvalue weighted by Gasteiger charge is 2.37. The first kappa shape index (κ1) is 8.97. The molecule has 3 nitrogen and oxygen atoms in total. The summed E-state index contributed by atoms with van der Waals surface area (Å²) in [7, 11) is 1.64. The Balaban J connectivity index is 2.45. The summed E-state index contributed by atoms with van der Waals surface area (Å²) in [5.41, 5.74) is 0. The van der Waals surface area contributed by atoms with Crippen LogP contribution in [-0.2, 0) is 9.47 Å².